The van der Waals surface area contributed by atoms with E-state index in [4.69, 9.17) is 0 Å². The van der Waals surface area contributed by atoms with Gasteiger partial charge in [0.1, 0.15) is 0 Å². The van der Waals surface area contributed by atoms with Gasteiger partial charge in [-0.15, -0.1) is 22.0 Å². The lowest BCUT2D eigenvalue weighted by atomic mass is 10.2. The second-order valence-electron chi connectivity index (χ2n) is 6.84. The number of aromatic nitrogens is 2. The molecule has 29 heavy (non-hydrogen) atoms. The summed E-state index contributed by atoms with van der Waals surface area (Å²) in [5, 5.41) is 12.2. The van der Waals surface area contributed by atoms with Crippen molar-refractivity contribution in [3.8, 4) is 0 Å². The average Bonchev–Trinajstić information content (AvgIpc) is 3.20. The summed E-state index contributed by atoms with van der Waals surface area (Å²) < 4.78 is 0.784. The van der Waals surface area contributed by atoms with Gasteiger partial charge in [-0.3, -0.25) is 9.59 Å². The van der Waals surface area contributed by atoms with Gasteiger partial charge in [0, 0.05) is 37.1 Å². The summed E-state index contributed by atoms with van der Waals surface area (Å²) >= 11 is 4.49. The Labute approximate surface area is 183 Å². The van der Waals surface area contributed by atoms with Crippen LogP contribution in [0, 0.1) is 0 Å². The highest BCUT2D eigenvalue weighted by Crippen LogP contribution is 2.29. The average molecular weight is 452 g/mol. The number of carbonyl (C=O) groups is 2. The molecule has 156 valence electrons. The molecule has 1 aliphatic heterocycles. The highest BCUT2D eigenvalue weighted by atomic mass is 32.2. The number of hydrogen-bond acceptors (Lipinski definition) is 8. The van der Waals surface area contributed by atoms with Crippen LogP contribution < -0.4 is 10.2 Å². The fourth-order valence-corrected chi connectivity index (χ4v) is 5.27. The van der Waals surface area contributed by atoms with Gasteiger partial charge in [-0.1, -0.05) is 35.2 Å². The molecule has 0 bridgehead atoms. The highest BCUT2D eigenvalue weighted by molar-refractivity contribution is 8.01. The molecule has 3 rings (SSSR count). The largest absolute Gasteiger partial charge is 0.353 e. The predicted molar refractivity (Wildman–Crippen MR) is 120 cm³/mol. The van der Waals surface area contributed by atoms with Crippen molar-refractivity contribution in [2.75, 3.05) is 43.1 Å². The van der Waals surface area contributed by atoms with Gasteiger partial charge in [-0.25, -0.2) is 0 Å². The summed E-state index contributed by atoms with van der Waals surface area (Å²) in [5.74, 6) is 0.419. The number of benzene rings is 1. The molecule has 1 fully saturated rings. The number of nitrogens with zero attached hydrogens (tertiary/aromatic N) is 4. The van der Waals surface area contributed by atoms with E-state index in [0.717, 1.165) is 33.0 Å². The van der Waals surface area contributed by atoms with Gasteiger partial charge in [0.25, 0.3) is 5.91 Å². The van der Waals surface area contributed by atoms with Crippen molar-refractivity contribution in [3.63, 3.8) is 0 Å². The molecule has 1 N–H and O–H groups in total. The van der Waals surface area contributed by atoms with Gasteiger partial charge >= 0.3 is 0 Å². The maximum atomic E-state index is 12.9. The number of carbonyl (C=O) groups excluding carboxylic acids is 2. The van der Waals surface area contributed by atoms with Crippen molar-refractivity contribution in [1.82, 2.24) is 20.4 Å². The molecule has 0 atom stereocenters. The van der Waals surface area contributed by atoms with E-state index in [-0.39, 0.29) is 17.9 Å². The van der Waals surface area contributed by atoms with E-state index in [0.29, 0.717) is 18.8 Å². The Bertz CT molecular complexity index is 850. The van der Waals surface area contributed by atoms with Crippen LogP contribution in [0.5, 0.6) is 0 Å². The fraction of sp³-hybridized carbons (Fsp3) is 0.474. The van der Waals surface area contributed by atoms with E-state index in [1.807, 2.05) is 49.3 Å². The van der Waals surface area contributed by atoms with Crippen LogP contribution in [-0.4, -0.2) is 71.1 Å². The van der Waals surface area contributed by atoms with Gasteiger partial charge < -0.3 is 15.1 Å². The maximum absolute atomic E-state index is 12.9. The molecule has 10 heteroatoms. The standard InChI is InChI=1S/C19H25N5O2S3/c1-13(2)20-16(25)12-28-19-22-21-18(29-19)24-10-8-23(9-11-24)17(26)14-6-4-5-7-15(14)27-3/h4-7,13H,8-12H2,1-3H3,(H,20,25). The van der Waals surface area contributed by atoms with Crippen LogP contribution in [-0.2, 0) is 4.79 Å². The molecule has 7 nitrogen and oxygen atoms in total. The van der Waals surface area contributed by atoms with Gasteiger partial charge in [0.05, 0.1) is 11.3 Å². The number of rotatable bonds is 7. The zero-order valence-corrected chi connectivity index (χ0v) is 19.2. The summed E-state index contributed by atoms with van der Waals surface area (Å²) in [6.45, 7) is 6.63. The molecule has 1 aromatic carbocycles. The Morgan fingerprint density at radius 3 is 2.59 bits per heavy atom. The number of hydrogen-bond donors (Lipinski definition) is 1. The molecule has 0 spiro atoms. The van der Waals surface area contributed by atoms with Gasteiger partial charge in [0.2, 0.25) is 11.0 Å². The maximum Gasteiger partial charge on any atom is 0.255 e. The number of amides is 2. The first-order valence-corrected chi connectivity index (χ1v) is 12.4. The van der Waals surface area contributed by atoms with Crippen molar-refractivity contribution in [2.24, 2.45) is 0 Å². The Morgan fingerprint density at radius 1 is 1.17 bits per heavy atom. The molecule has 2 heterocycles. The van der Waals surface area contributed by atoms with E-state index in [2.05, 4.69) is 20.4 Å². The Hall–Kier alpha value is -1.78. The molecule has 0 radical (unpaired) electrons. The highest BCUT2D eigenvalue weighted by Gasteiger charge is 2.25. The first-order valence-electron chi connectivity index (χ1n) is 9.41. The third-order valence-corrected chi connectivity index (χ3v) is 7.26. The van der Waals surface area contributed by atoms with Crippen LogP contribution in [0.15, 0.2) is 33.5 Å². The lowest BCUT2D eigenvalue weighted by Crippen LogP contribution is -2.48. The zero-order chi connectivity index (χ0) is 20.8. The number of nitrogens with one attached hydrogen (secondary N) is 1. The van der Waals surface area contributed by atoms with E-state index in [9.17, 15) is 9.59 Å². The SMILES string of the molecule is CSc1ccccc1C(=O)N1CCN(c2nnc(SCC(=O)NC(C)C)s2)CC1. The van der Waals surface area contributed by atoms with Gasteiger partial charge in [-0.2, -0.15) is 0 Å². The van der Waals surface area contributed by atoms with Crippen molar-refractivity contribution < 1.29 is 9.59 Å². The van der Waals surface area contributed by atoms with Crippen molar-refractivity contribution in [1.29, 1.82) is 0 Å². The summed E-state index contributed by atoms with van der Waals surface area (Å²) in [6, 6.07) is 7.87. The predicted octanol–water partition coefficient (Wildman–Crippen LogP) is 2.84. The van der Waals surface area contributed by atoms with E-state index < -0.39 is 0 Å². The number of anilines is 1. The second kappa shape index (κ2) is 10.3. The van der Waals surface area contributed by atoms with Crippen LogP contribution in [0.2, 0.25) is 0 Å². The Balaban J connectivity index is 1.53. The Morgan fingerprint density at radius 2 is 1.90 bits per heavy atom. The minimum absolute atomic E-state index is 0.000555. The first-order chi connectivity index (χ1) is 14.0. The minimum atomic E-state index is -0.000555. The van der Waals surface area contributed by atoms with E-state index >= 15 is 0 Å². The molecule has 2 amide bonds. The van der Waals surface area contributed by atoms with Crippen LogP contribution in [0.25, 0.3) is 0 Å². The van der Waals surface area contributed by atoms with E-state index in [1.54, 1.807) is 11.8 Å². The summed E-state index contributed by atoms with van der Waals surface area (Å²) in [5.41, 5.74) is 0.766. The molecule has 1 aromatic heterocycles. The normalized spacial score (nSPS) is 14.3. The molecule has 0 saturated carbocycles. The summed E-state index contributed by atoms with van der Waals surface area (Å²) in [7, 11) is 0. The molecule has 1 aliphatic rings. The molecule has 0 unspecified atom stereocenters. The minimum Gasteiger partial charge on any atom is -0.353 e. The lowest BCUT2D eigenvalue weighted by molar-refractivity contribution is -0.119. The number of thioether (sulfide) groups is 2. The quantitative estimate of drug-likeness (QED) is 0.649. The zero-order valence-electron chi connectivity index (χ0n) is 16.8. The second-order valence-corrected chi connectivity index (χ2v) is 9.87. The molecule has 0 aliphatic carbocycles. The van der Waals surface area contributed by atoms with Crippen molar-refractivity contribution in [3.05, 3.63) is 29.8 Å². The fourth-order valence-electron chi connectivity index (χ4n) is 2.97. The number of piperazine rings is 1. The molecule has 2 aromatic rings. The van der Waals surface area contributed by atoms with Gasteiger partial charge in [0.15, 0.2) is 4.34 Å². The van der Waals surface area contributed by atoms with Crippen LogP contribution in [0.4, 0.5) is 5.13 Å². The first kappa shape index (κ1) is 21.9. The van der Waals surface area contributed by atoms with Crippen LogP contribution >= 0.6 is 34.9 Å². The van der Waals surface area contributed by atoms with Crippen LogP contribution in [0.3, 0.4) is 0 Å². The molecule has 1 saturated heterocycles. The topological polar surface area (TPSA) is 78.4 Å². The molecular weight excluding hydrogens is 426 g/mol. The van der Waals surface area contributed by atoms with E-state index in [1.165, 1.54) is 23.1 Å². The summed E-state index contributed by atoms with van der Waals surface area (Å²) in [4.78, 5) is 29.7. The third kappa shape index (κ3) is 5.86. The lowest BCUT2D eigenvalue weighted by Gasteiger charge is -2.34. The smallest absolute Gasteiger partial charge is 0.255 e. The monoisotopic (exact) mass is 451 g/mol. The molecular formula is C19H25N5O2S3. The van der Waals surface area contributed by atoms with Crippen molar-refractivity contribution >= 4 is 51.8 Å². The van der Waals surface area contributed by atoms with Crippen LogP contribution in [0.1, 0.15) is 24.2 Å². The Kier molecular flexibility index (Phi) is 7.79. The third-order valence-electron chi connectivity index (χ3n) is 4.35. The van der Waals surface area contributed by atoms with Gasteiger partial charge in [-0.05, 0) is 32.2 Å². The summed E-state index contributed by atoms with van der Waals surface area (Å²) in [6.07, 6.45) is 1.99. The van der Waals surface area contributed by atoms with Crippen molar-refractivity contribution in [2.45, 2.75) is 29.1 Å².